The van der Waals surface area contributed by atoms with Gasteiger partial charge in [0.15, 0.2) is 11.5 Å². The van der Waals surface area contributed by atoms with Gasteiger partial charge in [0.1, 0.15) is 0 Å². The van der Waals surface area contributed by atoms with Gasteiger partial charge in [-0.3, -0.25) is 9.69 Å². The lowest BCUT2D eigenvalue weighted by Crippen LogP contribution is -2.39. The number of carbonyl (C=O) groups is 1. The third-order valence-electron chi connectivity index (χ3n) is 6.65. The Labute approximate surface area is 209 Å². The SMILES string of the molecule is CCc1ccccc1CN1CC[C@@H](C(=O)N(Cc2cc(Cl)c3c(c2)OCCCO3)CC(C)C)C1. The molecule has 0 bridgehead atoms. The maximum absolute atomic E-state index is 13.6. The average Bonchev–Trinajstić information content (AvgIpc) is 3.14. The number of nitrogens with zero attached hydrogens (tertiary/aromatic N) is 2. The van der Waals surface area contributed by atoms with Crippen molar-refractivity contribution in [1.82, 2.24) is 9.80 Å². The highest BCUT2D eigenvalue weighted by atomic mass is 35.5. The molecule has 1 atom stereocenters. The van der Waals surface area contributed by atoms with Crippen molar-refractivity contribution in [3.8, 4) is 11.5 Å². The monoisotopic (exact) mass is 484 g/mol. The van der Waals surface area contributed by atoms with Crippen molar-refractivity contribution in [2.24, 2.45) is 11.8 Å². The van der Waals surface area contributed by atoms with Gasteiger partial charge in [0.25, 0.3) is 0 Å². The van der Waals surface area contributed by atoms with E-state index in [1.165, 1.54) is 11.1 Å². The minimum Gasteiger partial charge on any atom is -0.489 e. The minimum atomic E-state index is 0.0309. The van der Waals surface area contributed by atoms with Gasteiger partial charge in [0.05, 0.1) is 24.2 Å². The zero-order valence-electron chi connectivity index (χ0n) is 20.7. The van der Waals surface area contributed by atoms with Gasteiger partial charge in [0, 0.05) is 32.6 Å². The second-order valence-electron chi connectivity index (χ2n) is 9.91. The molecule has 2 heterocycles. The molecule has 0 spiro atoms. The highest BCUT2D eigenvalue weighted by molar-refractivity contribution is 6.32. The molecule has 0 saturated carbocycles. The molecule has 2 aliphatic heterocycles. The van der Waals surface area contributed by atoms with Crippen LogP contribution in [0.3, 0.4) is 0 Å². The molecule has 6 heteroatoms. The van der Waals surface area contributed by atoms with Crippen molar-refractivity contribution in [3.63, 3.8) is 0 Å². The van der Waals surface area contributed by atoms with Gasteiger partial charge in [-0.2, -0.15) is 0 Å². The Morgan fingerprint density at radius 1 is 1.18 bits per heavy atom. The largest absolute Gasteiger partial charge is 0.489 e. The number of fused-ring (bicyclic) bond motifs is 1. The lowest BCUT2D eigenvalue weighted by molar-refractivity contribution is -0.136. The van der Waals surface area contributed by atoms with Crippen LogP contribution in [0.5, 0.6) is 11.5 Å². The maximum Gasteiger partial charge on any atom is 0.227 e. The highest BCUT2D eigenvalue weighted by Crippen LogP contribution is 2.38. The Morgan fingerprint density at radius 3 is 2.71 bits per heavy atom. The Bertz CT molecular complexity index is 994. The van der Waals surface area contributed by atoms with Crippen LogP contribution in [0.25, 0.3) is 0 Å². The normalized spacial score (nSPS) is 18.2. The van der Waals surface area contributed by atoms with E-state index in [0.29, 0.717) is 42.2 Å². The maximum atomic E-state index is 13.6. The van der Waals surface area contributed by atoms with Crippen LogP contribution in [0, 0.1) is 11.8 Å². The first-order valence-corrected chi connectivity index (χ1v) is 13.0. The Hall–Kier alpha value is -2.24. The fourth-order valence-electron chi connectivity index (χ4n) is 5.00. The predicted molar refractivity (Wildman–Crippen MR) is 137 cm³/mol. The molecule has 184 valence electrons. The molecule has 0 N–H and O–H groups in total. The molecule has 0 aliphatic carbocycles. The van der Waals surface area contributed by atoms with Crippen LogP contribution in [0.15, 0.2) is 36.4 Å². The van der Waals surface area contributed by atoms with E-state index < -0.39 is 0 Å². The van der Waals surface area contributed by atoms with Crippen molar-refractivity contribution in [2.75, 3.05) is 32.8 Å². The van der Waals surface area contributed by atoms with Gasteiger partial charge in [-0.1, -0.05) is 56.6 Å². The smallest absolute Gasteiger partial charge is 0.227 e. The van der Waals surface area contributed by atoms with Crippen LogP contribution in [-0.4, -0.2) is 48.6 Å². The predicted octanol–water partition coefficient (Wildman–Crippen LogP) is 5.57. The second kappa shape index (κ2) is 11.5. The molecule has 1 fully saturated rings. The molecule has 2 aromatic rings. The number of hydrogen-bond acceptors (Lipinski definition) is 4. The molecule has 34 heavy (non-hydrogen) atoms. The fraction of sp³-hybridized carbons (Fsp3) is 0.536. The van der Waals surface area contributed by atoms with Gasteiger partial charge < -0.3 is 14.4 Å². The summed E-state index contributed by atoms with van der Waals surface area (Å²) < 4.78 is 11.6. The summed E-state index contributed by atoms with van der Waals surface area (Å²) in [5.74, 6) is 1.95. The molecule has 2 aliphatic rings. The summed E-state index contributed by atoms with van der Waals surface area (Å²) in [6, 6.07) is 12.5. The van der Waals surface area contributed by atoms with Crippen LogP contribution in [0.2, 0.25) is 5.02 Å². The number of hydrogen-bond donors (Lipinski definition) is 0. The van der Waals surface area contributed by atoms with E-state index in [0.717, 1.165) is 51.0 Å². The quantitative estimate of drug-likeness (QED) is 0.491. The van der Waals surface area contributed by atoms with Gasteiger partial charge in [-0.25, -0.2) is 0 Å². The summed E-state index contributed by atoms with van der Waals surface area (Å²) >= 11 is 6.52. The van der Waals surface area contributed by atoms with Crippen molar-refractivity contribution in [3.05, 3.63) is 58.1 Å². The fourth-order valence-corrected chi connectivity index (χ4v) is 5.29. The van der Waals surface area contributed by atoms with E-state index >= 15 is 0 Å². The summed E-state index contributed by atoms with van der Waals surface area (Å²) in [5, 5.41) is 0.549. The third-order valence-corrected chi connectivity index (χ3v) is 6.93. The van der Waals surface area contributed by atoms with E-state index in [2.05, 4.69) is 49.9 Å². The molecule has 0 unspecified atom stereocenters. The van der Waals surface area contributed by atoms with E-state index in [-0.39, 0.29) is 11.8 Å². The van der Waals surface area contributed by atoms with Crippen LogP contribution in [0.1, 0.15) is 50.3 Å². The first-order valence-electron chi connectivity index (χ1n) is 12.6. The zero-order valence-corrected chi connectivity index (χ0v) is 21.4. The molecule has 1 amide bonds. The molecular weight excluding hydrogens is 448 g/mol. The zero-order chi connectivity index (χ0) is 24.1. The summed E-state index contributed by atoms with van der Waals surface area (Å²) in [6.07, 6.45) is 2.77. The van der Waals surface area contributed by atoms with E-state index in [4.69, 9.17) is 21.1 Å². The van der Waals surface area contributed by atoms with Gasteiger partial charge in [-0.05, 0) is 54.1 Å². The van der Waals surface area contributed by atoms with Gasteiger partial charge >= 0.3 is 0 Å². The number of aryl methyl sites for hydroxylation is 1. The first kappa shape index (κ1) is 24.9. The molecule has 0 radical (unpaired) electrons. The van der Waals surface area contributed by atoms with Crippen molar-refractivity contribution < 1.29 is 14.3 Å². The molecule has 4 rings (SSSR count). The summed E-state index contributed by atoms with van der Waals surface area (Å²) in [6.45, 7) is 11.7. The summed E-state index contributed by atoms with van der Waals surface area (Å²) in [4.78, 5) is 18.1. The Morgan fingerprint density at radius 2 is 1.94 bits per heavy atom. The summed E-state index contributed by atoms with van der Waals surface area (Å²) in [7, 11) is 0. The topological polar surface area (TPSA) is 42.0 Å². The number of carbonyl (C=O) groups excluding carboxylic acids is 1. The van der Waals surface area contributed by atoms with Crippen LogP contribution < -0.4 is 9.47 Å². The minimum absolute atomic E-state index is 0.0309. The lowest BCUT2D eigenvalue weighted by Gasteiger charge is -2.28. The van der Waals surface area contributed by atoms with Crippen LogP contribution >= 0.6 is 11.6 Å². The van der Waals surface area contributed by atoms with Crippen LogP contribution in [-0.2, 0) is 24.3 Å². The molecule has 5 nitrogen and oxygen atoms in total. The van der Waals surface area contributed by atoms with E-state index in [9.17, 15) is 4.79 Å². The Kier molecular flexibility index (Phi) is 8.38. The standard InChI is InChI=1S/C28H37ClN2O3/c1-4-22-8-5-6-9-23(22)18-30-11-10-24(19-30)28(32)31(16-20(2)3)17-21-14-25(29)27-26(15-21)33-12-7-13-34-27/h5-6,8-9,14-15,20,24H,4,7,10-13,16-19H2,1-3H3/t24-/m1/s1. The van der Waals surface area contributed by atoms with Crippen molar-refractivity contribution >= 4 is 17.5 Å². The first-order chi connectivity index (χ1) is 16.4. The number of rotatable bonds is 8. The molecule has 0 aromatic heterocycles. The number of amides is 1. The highest BCUT2D eigenvalue weighted by Gasteiger charge is 2.32. The summed E-state index contributed by atoms with van der Waals surface area (Å²) in [5.41, 5.74) is 3.75. The van der Waals surface area contributed by atoms with E-state index in [1.807, 2.05) is 17.0 Å². The number of benzene rings is 2. The Balaban J connectivity index is 1.45. The van der Waals surface area contributed by atoms with Crippen molar-refractivity contribution in [1.29, 1.82) is 0 Å². The molecular formula is C28H37ClN2O3. The van der Waals surface area contributed by atoms with Gasteiger partial charge in [-0.15, -0.1) is 0 Å². The van der Waals surface area contributed by atoms with Gasteiger partial charge in [0.2, 0.25) is 5.91 Å². The number of ether oxygens (including phenoxy) is 2. The van der Waals surface area contributed by atoms with E-state index in [1.54, 1.807) is 0 Å². The third kappa shape index (κ3) is 6.05. The molecule has 2 aromatic carbocycles. The molecule has 1 saturated heterocycles. The van der Waals surface area contributed by atoms with Crippen molar-refractivity contribution in [2.45, 2.75) is 53.1 Å². The second-order valence-corrected chi connectivity index (χ2v) is 10.3. The lowest BCUT2D eigenvalue weighted by atomic mass is 10.0. The van der Waals surface area contributed by atoms with Crippen LogP contribution in [0.4, 0.5) is 0 Å². The number of likely N-dealkylation sites (tertiary alicyclic amines) is 1. The average molecular weight is 485 g/mol. The number of halogens is 1.